The Bertz CT molecular complexity index is 1350. The fourth-order valence-corrected chi connectivity index (χ4v) is 4.69. The average molecular weight is 589 g/mol. The minimum absolute atomic E-state index is 0.0206. The number of ether oxygens (including phenoxy) is 2. The molecule has 1 fully saturated rings. The molecule has 4 rings (SSSR count). The van der Waals surface area contributed by atoms with Crippen LogP contribution in [0.4, 0.5) is 5.82 Å². The van der Waals surface area contributed by atoms with Gasteiger partial charge in [-0.2, -0.15) is 0 Å². The van der Waals surface area contributed by atoms with Gasteiger partial charge in [-0.3, -0.25) is 19.3 Å². The van der Waals surface area contributed by atoms with Gasteiger partial charge in [0.15, 0.2) is 5.82 Å². The molecule has 11 nitrogen and oxygen atoms in total. The monoisotopic (exact) mass is 588 g/mol. The lowest BCUT2D eigenvalue weighted by Gasteiger charge is -2.35. The first-order chi connectivity index (χ1) is 20.5. The van der Waals surface area contributed by atoms with E-state index in [0.29, 0.717) is 55.8 Å². The maximum Gasteiger partial charge on any atom is 0.234 e. The standard InChI is InChI=1S/C32H40N6O5/c1-32(2,3)36-29(40)21-37-16-18-38(19-17-37)30(41)15-14-28(39)34-27-20-26(22-6-10-24(42-4)11-7-22)33-31(35-27)23-8-12-25(43-5)13-9-23/h6-13,20H,14-19,21H2,1-5H3,(H,36,40)(H,33,34,35,39). The molecule has 3 aromatic rings. The summed E-state index contributed by atoms with van der Waals surface area (Å²) in [7, 11) is 3.21. The highest BCUT2D eigenvalue weighted by atomic mass is 16.5. The number of hydrogen-bond donors (Lipinski definition) is 2. The van der Waals surface area contributed by atoms with Crippen LogP contribution in [0.15, 0.2) is 54.6 Å². The molecule has 43 heavy (non-hydrogen) atoms. The lowest BCUT2D eigenvalue weighted by atomic mass is 10.1. The maximum atomic E-state index is 12.9. The summed E-state index contributed by atoms with van der Waals surface area (Å²) < 4.78 is 10.5. The van der Waals surface area contributed by atoms with Crippen molar-refractivity contribution >= 4 is 23.5 Å². The van der Waals surface area contributed by atoms with Gasteiger partial charge in [0.25, 0.3) is 0 Å². The smallest absolute Gasteiger partial charge is 0.234 e. The number of hydrogen-bond acceptors (Lipinski definition) is 8. The Hall–Kier alpha value is -4.51. The third kappa shape index (κ3) is 9.24. The minimum Gasteiger partial charge on any atom is -0.497 e. The number of benzene rings is 2. The molecule has 11 heteroatoms. The summed E-state index contributed by atoms with van der Waals surface area (Å²) in [5.74, 6) is 1.78. The van der Waals surface area contributed by atoms with Crippen molar-refractivity contribution in [3.8, 4) is 34.1 Å². The Morgan fingerprint density at radius 3 is 1.93 bits per heavy atom. The number of piperazine rings is 1. The maximum absolute atomic E-state index is 12.9. The van der Waals surface area contributed by atoms with Crippen LogP contribution in [0.25, 0.3) is 22.6 Å². The van der Waals surface area contributed by atoms with Crippen molar-refractivity contribution in [1.82, 2.24) is 25.1 Å². The van der Waals surface area contributed by atoms with Gasteiger partial charge in [-0.25, -0.2) is 9.97 Å². The number of nitrogens with one attached hydrogen (secondary N) is 2. The normalized spacial score (nSPS) is 13.7. The van der Waals surface area contributed by atoms with Crippen LogP contribution < -0.4 is 20.1 Å². The van der Waals surface area contributed by atoms with Gasteiger partial charge < -0.3 is 25.0 Å². The molecule has 2 N–H and O–H groups in total. The van der Waals surface area contributed by atoms with Gasteiger partial charge in [0.1, 0.15) is 17.3 Å². The first kappa shape index (κ1) is 31.4. The van der Waals surface area contributed by atoms with E-state index < -0.39 is 0 Å². The molecule has 0 unspecified atom stereocenters. The lowest BCUT2D eigenvalue weighted by Crippen LogP contribution is -2.52. The van der Waals surface area contributed by atoms with Crippen LogP contribution in [0.2, 0.25) is 0 Å². The van der Waals surface area contributed by atoms with Gasteiger partial charge in [0, 0.05) is 61.8 Å². The van der Waals surface area contributed by atoms with Crippen LogP contribution in [-0.2, 0) is 14.4 Å². The fraction of sp³-hybridized carbons (Fsp3) is 0.406. The van der Waals surface area contributed by atoms with Crippen LogP contribution in [0, 0.1) is 0 Å². The Balaban J connectivity index is 1.37. The minimum atomic E-state index is -0.314. The molecule has 1 aliphatic rings. The van der Waals surface area contributed by atoms with Gasteiger partial charge in [-0.1, -0.05) is 0 Å². The number of amides is 3. The molecule has 0 aliphatic carbocycles. The average Bonchev–Trinajstić information content (AvgIpc) is 2.99. The molecule has 0 bridgehead atoms. The van der Waals surface area contributed by atoms with Gasteiger partial charge >= 0.3 is 0 Å². The number of rotatable bonds is 10. The van der Waals surface area contributed by atoms with E-state index in [4.69, 9.17) is 14.5 Å². The molecule has 1 aromatic heterocycles. The predicted octanol–water partition coefficient (Wildman–Crippen LogP) is 3.61. The fourth-order valence-electron chi connectivity index (χ4n) is 4.69. The molecule has 0 spiro atoms. The van der Waals surface area contributed by atoms with Gasteiger partial charge in [0.2, 0.25) is 17.7 Å². The molecule has 2 aromatic carbocycles. The lowest BCUT2D eigenvalue weighted by molar-refractivity contribution is -0.134. The van der Waals surface area contributed by atoms with E-state index in [-0.39, 0.29) is 36.1 Å². The molecular formula is C32H40N6O5. The molecule has 228 valence electrons. The first-order valence-electron chi connectivity index (χ1n) is 14.3. The summed E-state index contributed by atoms with van der Waals surface area (Å²) >= 11 is 0. The Morgan fingerprint density at radius 1 is 0.791 bits per heavy atom. The summed E-state index contributed by atoms with van der Waals surface area (Å²) in [6.45, 7) is 8.40. The third-order valence-corrected chi connectivity index (χ3v) is 6.90. The summed E-state index contributed by atoms with van der Waals surface area (Å²) in [6.07, 6.45) is 0.102. The molecule has 0 saturated carbocycles. The SMILES string of the molecule is COc1ccc(-c2cc(NC(=O)CCC(=O)N3CCN(CC(=O)NC(C)(C)C)CC3)nc(-c3ccc(OC)cc3)n2)cc1. The second kappa shape index (κ2) is 14.1. The van der Waals surface area contributed by atoms with E-state index in [1.54, 1.807) is 25.2 Å². The van der Waals surface area contributed by atoms with E-state index in [2.05, 4.69) is 15.6 Å². The number of aromatic nitrogens is 2. The Labute approximate surface area is 252 Å². The Morgan fingerprint density at radius 2 is 1.37 bits per heavy atom. The molecule has 2 heterocycles. The van der Waals surface area contributed by atoms with Crippen molar-refractivity contribution in [3.63, 3.8) is 0 Å². The number of nitrogens with zero attached hydrogens (tertiary/aromatic N) is 4. The van der Waals surface area contributed by atoms with Gasteiger partial charge in [-0.15, -0.1) is 0 Å². The molecular weight excluding hydrogens is 548 g/mol. The zero-order valence-corrected chi connectivity index (χ0v) is 25.5. The van der Waals surface area contributed by atoms with E-state index in [1.807, 2.05) is 74.2 Å². The van der Waals surface area contributed by atoms with Crippen molar-refractivity contribution in [2.75, 3.05) is 52.3 Å². The summed E-state index contributed by atoms with van der Waals surface area (Å²) in [4.78, 5) is 51.1. The summed E-state index contributed by atoms with van der Waals surface area (Å²) in [5.41, 5.74) is 1.94. The number of carbonyl (C=O) groups excluding carboxylic acids is 3. The second-order valence-electron chi connectivity index (χ2n) is 11.4. The highest BCUT2D eigenvalue weighted by molar-refractivity contribution is 5.93. The van der Waals surface area contributed by atoms with Gasteiger partial charge in [-0.05, 0) is 69.3 Å². The van der Waals surface area contributed by atoms with Crippen molar-refractivity contribution in [1.29, 1.82) is 0 Å². The van der Waals surface area contributed by atoms with E-state index in [9.17, 15) is 14.4 Å². The number of anilines is 1. The van der Waals surface area contributed by atoms with Gasteiger partial charge in [0.05, 0.1) is 26.5 Å². The van der Waals surface area contributed by atoms with E-state index in [1.165, 1.54) is 0 Å². The van der Waals surface area contributed by atoms with Crippen LogP contribution in [-0.4, -0.2) is 90.0 Å². The molecule has 1 aliphatic heterocycles. The molecule has 3 amide bonds. The predicted molar refractivity (Wildman–Crippen MR) is 165 cm³/mol. The van der Waals surface area contributed by atoms with Crippen molar-refractivity contribution in [3.05, 3.63) is 54.6 Å². The van der Waals surface area contributed by atoms with Crippen LogP contribution in [0.5, 0.6) is 11.5 Å². The topological polar surface area (TPSA) is 126 Å². The first-order valence-corrected chi connectivity index (χ1v) is 14.3. The van der Waals surface area contributed by atoms with Crippen molar-refractivity contribution < 1.29 is 23.9 Å². The Kier molecular flexibility index (Phi) is 10.3. The molecule has 0 radical (unpaired) electrons. The zero-order valence-electron chi connectivity index (χ0n) is 25.5. The van der Waals surface area contributed by atoms with Crippen LogP contribution >= 0.6 is 0 Å². The highest BCUT2D eigenvalue weighted by Gasteiger charge is 2.24. The largest absolute Gasteiger partial charge is 0.497 e. The summed E-state index contributed by atoms with van der Waals surface area (Å²) in [6, 6.07) is 16.5. The van der Waals surface area contributed by atoms with E-state index in [0.717, 1.165) is 16.9 Å². The zero-order chi connectivity index (χ0) is 31.0. The molecule has 0 atom stereocenters. The number of carbonyl (C=O) groups is 3. The van der Waals surface area contributed by atoms with Crippen molar-refractivity contribution in [2.45, 2.75) is 39.2 Å². The third-order valence-electron chi connectivity index (χ3n) is 6.90. The van der Waals surface area contributed by atoms with Crippen LogP contribution in [0.3, 0.4) is 0 Å². The molecule has 1 saturated heterocycles. The quantitative estimate of drug-likeness (QED) is 0.368. The van der Waals surface area contributed by atoms with Crippen LogP contribution in [0.1, 0.15) is 33.6 Å². The second-order valence-corrected chi connectivity index (χ2v) is 11.4. The number of methoxy groups -OCH3 is 2. The summed E-state index contributed by atoms with van der Waals surface area (Å²) in [5, 5.41) is 5.81. The van der Waals surface area contributed by atoms with Crippen molar-refractivity contribution in [2.24, 2.45) is 0 Å². The van der Waals surface area contributed by atoms with E-state index >= 15 is 0 Å². The highest BCUT2D eigenvalue weighted by Crippen LogP contribution is 2.27.